The van der Waals surface area contributed by atoms with E-state index >= 15 is 0 Å². The Morgan fingerprint density at radius 1 is 1.30 bits per heavy atom. The summed E-state index contributed by atoms with van der Waals surface area (Å²) in [6.45, 7) is 0.997. The van der Waals surface area contributed by atoms with Gasteiger partial charge in [-0.2, -0.15) is 0 Å². The molecule has 2 aliphatic rings. The van der Waals surface area contributed by atoms with Gasteiger partial charge in [0.25, 0.3) is 0 Å². The van der Waals surface area contributed by atoms with Gasteiger partial charge in [-0.15, -0.1) is 0 Å². The van der Waals surface area contributed by atoms with Crippen LogP contribution in [0.25, 0.3) is 0 Å². The number of hydrogen-bond acceptors (Lipinski definition) is 1. The number of rotatable bonds is 2. The number of alkyl halides is 1. The molecule has 58 valence electrons. The molecule has 2 fully saturated rings. The van der Waals surface area contributed by atoms with Gasteiger partial charge in [-0.25, -0.2) is 0 Å². The van der Waals surface area contributed by atoms with E-state index in [1.165, 1.54) is 19.3 Å². The molecule has 2 rings (SSSR count). The van der Waals surface area contributed by atoms with Gasteiger partial charge in [0.05, 0.1) is 6.10 Å². The number of ether oxygens (including phenoxy) is 1. The smallest absolute Gasteiger partial charge is 0.0640 e. The molecular weight excluding hydrogens is 192 g/mol. The average Bonchev–Trinajstić information content (AvgIpc) is 2.69. The van der Waals surface area contributed by atoms with Crippen molar-refractivity contribution in [2.75, 3.05) is 11.9 Å². The van der Waals surface area contributed by atoms with Crippen LogP contribution in [0.1, 0.15) is 19.3 Å². The van der Waals surface area contributed by atoms with Gasteiger partial charge in [-0.1, -0.05) is 15.9 Å². The minimum Gasteiger partial charge on any atom is -0.378 e. The van der Waals surface area contributed by atoms with E-state index in [0.717, 1.165) is 23.8 Å². The molecular formula is C8H13BrO. The molecule has 1 aliphatic carbocycles. The van der Waals surface area contributed by atoms with Crippen LogP contribution in [0.3, 0.4) is 0 Å². The number of hydrogen-bond donors (Lipinski definition) is 0. The molecule has 1 nitrogen and oxygen atoms in total. The van der Waals surface area contributed by atoms with E-state index in [1.807, 2.05) is 0 Å². The van der Waals surface area contributed by atoms with E-state index in [4.69, 9.17) is 4.74 Å². The molecule has 0 amide bonds. The minimum atomic E-state index is 0.611. The third-order valence-corrected chi connectivity index (χ3v) is 3.38. The fourth-order valence-corrected chi connectivity index (χ4v) is 2.46. The van der Waals surface area contributed by atoms with Crippen molar-refractivity contribution in [3.63, 3.8) is 0 Å². The van der Waals surface area contributed by atoms with Crippen molar-refractivity contribution < 1.29 is 4.74 Å². The van der Waals surface area contributed by atoms with E-state index in [-0.39, 0.29) is 0 Å². The summed E-state index contributed by atoms with van der Waals surface area (Å²) in [7, 11) is 0. The normalized spacial score (nSPS) is 40.5. The molecule has 2 heteroatoms. The summed E-state index contributed by atoms with van der Waals surface area (Å²) in [5.74, 6) is 1.73. The van der Waals surface area contributed by atoms with Crippen molar-refractivity contribution >= 4 is 15.9 Å². The lowest BCUT2D eigenvalue weighted by molar-refractivity contribution is 0.0777. The van der Waals surface area contributed by atoms with Crippen LogP contribution in [-0.4, -0.2) is 18.0 Å². The molecule has 0 aromatic heterocycles. The standard InChI is InChI=1S/C8H13BrO/c9-5-7-3-4-10-8(7)6-1-2-6/h6-8H,1-5H2. The molecule has 0 bridgehead atoms. The summed E-state index contributed by atoms with van der Waals surface area (Å²) >= 11 is 3.53. The molecule has 0 aromatic carbocycles. The molecule has 1 saturated heterocycles. The first-order valence-electron chi connectivity index (χ1n) is 4.09. The van der Waals surface area contributed by atoms with Crippen molar-refractivity contribution in [3.05, 3.63) is 0 Å². The lowest BCUT2D eigenvalue weighted by atomic mass is 10.0. The zero-order valence-electron chi connectivity index (χ0n) is 6.05. The Labute approximate surface area is 70.3 Å². The van der Waals surface area contributed by atoms with E-state index in [1.54, 1.807) is 0 Å². The van der Waals surface area contributed by atoms with Gasteiger partial charge in [-0.05, 0) is 31.1 Å². The predicted octanol–water partition coefficient (Wildman–Crippen LogP) is 2.20. The second kappa shape index (κ2) is 2.82. The highest BCUT2D eigenvalue weighted by Gasteiger charge is 2.39. The third kappa shape index (κ3) is 1.24. The van der Waals surface area contributed by atoms with Gasteiger partial charge in [0.15, 0.2) is 0 Å². The molecule has 2 atom stereocenters. The zero-order valence-corrected chi connectivity index (χ0v) is 7.64. The Morgan fingerprint density at radius 3 is 2.70 bits per heavy atom. The molecule has 0 spiro atoms. The fourth-order valence-electron chi connectivity index (χ4n) is 1.77. The number of halogens is 1. The van der Waals surface area contributed by atoms with E-state index in [9.17, 15) is 0 Å². The summed E-state index contributed by atoms with van der Waals surface area (Å²) in [5, 5.41) is 1.13. The summed E-state index contributed by atoms with van der Waals surface area (Å²) in [5.41, 5.74) is 0. The van der Waals surface area contributed by atoms with Crippen LogP contribution in [0.4, 0.5) is 0 Å². The van der Waals surface area contributed by atoms with Gasteiger partial charge in [-0.3, -0.25) is 0 Å². The molecule has 1 aliphatic heterocycles. The van der Waals surface area contributed by atoms with E-state index in [2.05, 4.69) is 15.9 Å². The van der Waals surface area contributed by atoms with Crippen LogP contribution in [0.15, 0.2) is 0 Å². The Balaban J connectivity index is 1.91. The average molecular weight is 205 g/mol. The molecule has 10 heavy (non-hydrogen) atoms. The molecule has 0 N–H and O–H groups in total. The van der Waals surface area contributed by atoms with E-state index < -0.39 is 0 Å². The summed E-state index contributed by atoms with van der Waals surface area (Å²) in [6.07, 6.45) is 4.70. The van der Waals surface area contributed by atoms with Crippen molar-refractivity contribution in [3.8, 4) is 0 Å². The SMILES string of the molecule is BrCC1CCOC1C1CC1. The zero-order chi connectivity index (χ0) is 6.97. The summed E-state index contributed by atoms with van der Waals surface area (Å²) < 4.78 is 5.65. The van der Waals surface area contributed by atoms with Gasteiger partial charge in [0.1, 0.15) is 0 Å². The third-order valence-electron chi connectivity index (χ3n) is 2.55. The maximum Gasteiger partial charge on any atom is 0.0640 e. The van der Waals surface area contributed by atoms with Crippen molar-refractivity contribution in [2.45, 2.75) is 25.4 Å². The van der Waals surface area contributed by atoms with Gasteiger partial charge in [0, 0.05) is 11.9 Å². The second-order valence-corrected chi connectivity index (χ2v) is 4.02. The Hall–Kier alpha value is 0.440. The van der Waals surface area contributed by atoms with Crippen LogP contribution >= 0.6 is 15.9 Å². The first kappa shape index (κ1) is 7.11. The lowest BCUT2D eigenvalue weighted by Crippen LogP contribution is -2.19. The molecule has 1 heterocycles. The lowest BCUT2D eigenvalue weighted by Gasteiger charge is -2.14. The molecule has 1 saturated carbocycles. The highest BCUT2D eigenvalue weighted by atomic mass is 79.9. The van der Waals surface area contributed by atoms with Gasteiger partial charge < -0.3 is 4.74 Å². The largest absolute Gasteiger partial charge is 0.378 e. The molecule has 2 unspecified atom stereocenters. The van der Waals surface area contributed by atoms with Crippen molar-refractivity contribution in [1.82, 2.24) is 0 Å². The first-order valence-corrected chi connectivity index (χ1v) is 5.21. The molecule has 0 aromatic rings. The minimum absolute atomic E-state index is 0.611. The fraction of sp³-hybridized carbons (Fsp3) is 1.00. The van der Waals surface area contributed by atoms with Crippen LogP contribution in [0, 0.1) is 11.8 Å². The topological polar surface area (TPSA) is 9.23 Å². The van der Waals surface area contributed by atoms with Gasteiger partial charge in [0.2, 0.25) is 0 Å². The summed E-state index contributed by atoms with van der Waals surface area (Å²) in [4.78, 5) is 0. The maximum absolute atomic E-state index is 5.65. The van der Waals surface area contributed by atoms with Crippen LogP contribution in [0.5, 0.6) is 0 Å². The van der Waals surface area contributed by atoms with Crippen LogP contribution < -0.4 is 0 Å². The Bertz CT molecular complexity index is 122. The highest BCUT2D eigenvalue weighted by Crippen LogP contribution is 2.41. The Kier molecular flexibility index (Phi) is 2.01. The quantitative estimate of drug-likeness (QED) is 0.628. The van der Waals surface area contributed by atoms with Crippen LogP contribution in [-0.2, 0) is 4.74 Å². The van der Waals surface area contributed by atoms with E-state index in [0.29, 0.717) is 6.10 Å². The summed E-state index contributed by atoms with van der Waals surface area (Å²) in [6, 6.07) is 0. The van der Waals surface area contributed by atoms with Crippen molar-refractivity contribution in [1.29, 1.82) is 0 Å². The highest BCUT2D eigenvalue weighted by molar-refractivity contribution is 9.09. The second-order valence-electron chi connectivity index (χ2n) is 3.38. The predicted molar refractivity (Wildman–Crippen MR) is 44.4 cm³/mol. The van der Waals surface area contributed by atoms with Gasteiger partial charge >= 0.3 is 0 Å². The molecule has 0 radical (unpaired) electrons. The maximum atomic E-state index is 5.65. The van der Waals surface area contributed by atoms with Crippen molar-refractivity contribution in [2.24, 2.45) is 11.8 Å². The first-order chi connectivity index (χ1) is 4.92. The Morgan fingerprint density at radius 2 is 2.10 bits per heavy atom. The monoisotopic (exact) mass is 204 g/mol. The van der Waals surface area contributed by atoms with Crippen LogP contribution in [0.2, 0.25) is 0 Å².